The number of hydrogen-bond acceptors (Lipinski definition) is 3. The highest BCUT2D eigenvalue weighted by atomic mass is 32.2. The highest BCUT2D eigenvalue weighted by molar-refractivity contribution is 7.99. The second-order valence-electron chi connectivity index (χ2n) is 4.77. The summed E-state index contributed by atoms with van der Waals surface area (Å²) in [7, 11) is 0. The SMILES string of the molecule is CCSc1ccc(C(CCO)N2CCCC2)cc1. The van der Waals surface area contributed by atoms with Crippen LogP contribution in [0.5, 0.6) is 0 Å². The minimum Gasteiger partial charge on any atom is -0.396 e. The van der Waals surface area contributed by atoms with Crippen LogP contribution < -0.4 is 0 Å². The summed E-state index contributed by atoms with van der Waals surface area (Å²) >= 11 is 1.88. The van der Waals surface area contributed by atoms with Gasteiger partial charge in [-0.2, -0.15) is 0 Å². The fourth-order valence-electron chi connectivity index (χ4n) is 2.69. The first-order chi connectivity index (χ1) is 8.85. The maximum atomic E-state index is 9.27. The Morgan fingerprint density at radius 2 is 1.89 bits per heavy atom. The van der Waals surface area contributed by atoms with Crippen molar-refractivity contribution in [1.29, 1.82) is 0 Å². The first kappa shape index (κ1) is 13.9. The molecule has 18 heavy (non-hydrogen) atoms. The molecule has 0 aromatic heterocycles. The van der Waals surface area contributed by atoms with E-state index in [1.807, 2.05) is 11.8 Å². The van der Waals surface area contributed by atoms with Gasteiger partial charge >= 0.3 is 0 Å². The Morgan fingerprint density at radius 3 is 2.44 bits per heavy atom. The van der Waals surface area contributed by atoms with Gasteiger partial charge in [0.25, 0.3) is 0 Å². The van der Waals surface area contributed by atoms with E-state index in [1.54, 1.807) is 0 Å². The minimum atomic E-state index is 0.270. The van der Waals surface area contributed by atoms with Crippen molar-refractivity contribution >= 4 is 11.8 Å². The Morgan fingerprint density at radius 1 is 1.22 bits per heavy atom. The fourth-order valence-corrected chi connectivity index (χ4v) is 3.35. The van der Waals surface area contributed by atoms with E-state index >= 15 is 0 Å². The summed E-state index contributed by atoms with van der Waals surface area (Å²) in [5.41, 5.74) is 1.35. The molecular formula is C15H23NOS. The molecule has 0 aliphatic carbocycles. The molecule has 0 amide bonds. The Balaban J connectivity index is 2.09. The molecule has 1 aliphatic heterocycles. The molecule has 1 unspecified atom stereocenters. The van der Waals surface area contributed by atoms with Crippen LogP contribution >= 0.6 is 11.8 Å². The van der Waals surface area contributed by atoms with Crippen molar-refractivity contribution in [3.63, 3.8) is 0 Å². The monoisotopic (exact) mass is 265 g/mol. The predicted octanol–water partition coefficient (Wildman–Crippen LogP) is 3.32. The molecule has 3 heteroatoms. The lowest BCUT2D eigenvalue weighted by atomic mass is 10.0. The number of aliphatic hydroxyl groups excluding tert-OH is 1. The average Bonchev–Trinajstić information content (AvgIpc) is 2.91. The quantitative estimate of drug-likeness (QED) is 0.798. The average molecular weight is 265 g/mol. The molecule has 1 saturated heterocycles. The number of rotatable bonds is 6. The van der Waals surface area contributed by atoms with Crippen LogP contribution in [-0.2, 0) is 0 Å². The molecular weight excluding hydrogens is 242 g/mol. The molecule has 1 atom stereocenters. The Kier molecular flexibility index (Phi) is 5.54. The fraction of sp³-hybridized carbons (Fsp3) is 0.600. The highest BCUT2D eigenvalue weighted by Gasteiger charge is 2.22. The molecule has 2 nitrogen and oxygen atoms in total. The van der Waals surface area contributed by atoms with E-state index in [2.05, 4.69) is 36.1 Å². The third-order valence-corrected chi connectivity index (χ3v) is 4.45. The zero-order valence-corrected chi connectivity index (χ0v) is 12.0. The molecule has 100 valence electrons. The van der Waals surface area contributed by atoms with Crippen LogP contribution in [-0.4, -0.2) is 35.5 Å². The van der Waals surface area contributed by atoms with Crippen molar-refractivity contribution in [2.75, 3.05) is 25.4 Å². The second-order valence-corrected chi connectivity index (χ2v) is 6.11. The van der Waals surface area contributed by atoms with Gasteiger partial charge in [0.1, 0.15) is 0 Å². The van der Waals surface area contributed by atoms with E-state index in [1.165, 1.54) is 36.4 Å². The summed E-state index contributed by atoms with van der Waals surface area (Å²) in [5.74, 6) is 1.12. The molecule has 0 saturated carbocycles. The molecule has 0 spiro atoms. The van der Waals surface area contributed by atoms with Gasteiger partial charge < -0.3 is 5.11 Å². The zero-order chi connectivity index (χ0) is 12.8. The number of thioether (sulfide) groups is 1. The lowest BCUT2D eigenvalue weighted by Crippen LogP contribution is -2.26. The predicted molar refractivity (Wildman–Crippen MR) is 78.1 cm³/mol. The Bertz CT molecular complexity index is 346. The van der Waals surface area contributed by atoms with Crippen molar-refractivity contribution in [2.45, 2.75) is 37.1 Å². The van der Waals surface area contributed by atoms with E-state index in [0.717, 1.165) is 12.2 Å². The van der Waals surface area contributed by atoms with E-state index < -0.39 is 0 Å². The van der Waals surface area contributed by atoms with Gasteiger partial charge in [0.05, 0.1) is 0 Å². The van der Waals surface area contributed by atoms with Crippen molar-refractivity contribution in [3.8, 4) is 0 Å². The van der Waals surface area contributed by atoms with E-state index in [0.29, 0.717) is 6.04 Å². The van der Waals surface area contributed by atoms with Crippen LogP contribution in [0.4, 0.5) is 0 Å². The van der Waals surface area contributed by atoms with Crippen LogP contribution in [0.15, 0.2) is 29.2 Å². The van der Waals surface area contributed by atoms with Gasteiger partial charge in [-0.1, -0.05) is 19.1 Å². The summed E-state index contributed by atoms with van der Waals surface area (Å²) in [6.45, 7) is 4.80. The zero-order valence-electron chi connectivity index (χ0n) is 11.1. The third kappa shape index (κ3) is 3.50. The molecule has 1 heterocycles. The number of aliphatic hydroxyl groups is 1. The third-order valence-electron chi connectivity index (χ3n) is 3.56. The van der Waals surface area contributed by atoms with Gasteiger partial charge in [0, 0.05) is 17.5 Å². The largest absolute Gasteiger partial charge is 0.396 e. The van der Waals surface area contributed by atoms with Crippen LogP contribution in [0, 0.1) is 0 Å². The number of benzene rings is 1. The Hall–Kier alpha value is -0.510. The van der Waals surface area contributed by atoms with Crippen LogP contribution in [0.3, 0.4) is 0 Å². The molecule has 0 radical (unpaired) electrons. The van der Waals surface area contributed by atoms with Crippen molar-refractivity contribution in [2.24, 2.45) is 0 Å². The number of likely N-dealkylation sites (tertiary alicyclic amines) is 1. The van der Waals surface area contributed by atoms with Gasteiger partial charge in [-0.3, -0.25) is 4.90 Å². The first-order valence-electron chi connectivity index (χ1n) is 6.93. The second kappa shape index (κ2) is 7.17. The molecule has 1 N–H and O–H groups in total. The molecule has 0 bridgehead atoms. The van der Waals surface area contributed by atoms with Crippen molar-refractivity contribution < 1.29 is 5.11 Å². The molecule has 1 aliphatic rings. The first-order valence-corrected chi connectivity index (χ1v) is 7.91. The lowest BCUT2D eigenvalue weighted by Gasteiger charge is -2.27. The normalized spacial score (nSPS) is 18.1. The minimum absolute atomic E-state index is 0.270. The summed E-state index contributed by atoms with van der Waals surface area (Å²) in [6, 6.07) is 9.29. The lowest BCUT2D eigenvalue weighted by molar-refractivity contribution is 0.185. The smallest absolute Gasteiger partial charge is 0.0449 e. The van der Waals surface area contributed by atoms with E-state index in [4.69, 9.17) is 0 Å². The van der Waals surface area contributed by atoms with Gasteiger partial charge in [-0.15, -0.1) is 11.8 Å². The van der Waals surface area contributed by atoms with Crippen molar-refractivity contribution in [1.82, 2.24) is 4.90 Å². The standard InChI is InChI=1S/C15H23NOS/c1-2-18-14-7-5-13(6-8-14)15(9-12-17)16-10-3-4-11-16/h5-8,15,17H,2-4,9-12H2,1H3. The van der Waals surface area contributed by atoms with E-state index in [-0.39, 0.29) is 6.61 Å². The van der Waals surface area contributed by atoms with E-state index in [9.17, 15) is 5.11 Å². The van der Waals surface area contributed by atoms with Gasteiger partial charge in [0.15, 0.2) is 0 Å². The van der Waals surface area contributed by atoms with Gasteiger partial charge in [0.2, 0.25) is 0 Å². The molecule has 1 aromatic rings. The highest BCUT2D eigenvalue weighted by Crippen LogP contribution is 2.29. The summed E-state index contributed by atoms with van der Waals surface area (Å²) in [6.07, 6.45) is 3.44. The summed E-state index contributed by atoms with van der Waals surface area (Å²) in [4.78, 5) is 3.85. The maximum absolute atomic E-state index is 9.27. The molecule has 1 fully saturated rings. The summed E-state index contributed by atoms with van der Waals surface area (Å²) < 4.78 is 0. The summed E-state index contributed by atoms with van der Waals surface area (Å²) in [5, 5.41) is 9.27. The Labute approximate surface area is 114 Å². The van der Waals surface area contributed by atoms with Gasteiger partial charge in [-0.25, -0.2) is 0 Å². The molecule has 2 rings (SSSR count). The van der Waals surface area contributed by atoms with Crippen LogP contribution in [0.25, 0.3) is 0 Å². The number of nitrogens with zero attached hydrogens (tertiary/aromatic N) is 1. The maximum Gasteiger partial charge on any atom is 0.0449 e. The van der Waals surface area contributed by atoms with Crippen molar-refractivity contribution in [3.05, 3.63) is 29.8 Å². The van der Waals surface area contributed by atoms with Gasteiger partial charge in [-0.05, 0) is 55.8 Å². The number of hydrogen-bond donors (Lipinski definition) is 1. The van der Waals surface area contributed by atoms with Crippen LogP contribution in [0.1, 0.15) is 37.8 Å². The molecule has 1 aromatic carbocycles. The topological polar surface area (TPSA) is 23.5 Å². The van der Waals surface area contributed by atoms with Crippen LogP contribution in [0.2, 0.25) is 0 Å².